The molecule has 0 saturated carbocycles. The molecule has 1 N–H and O–H groups in total. The third kappa shape index (κ3) is 4.85. The van der Waals surface area contributed by atoms with E-state index >= 15 is 0 Å². The lowest BCUT2D eigenvalue weighted by molar-refractivity contribution is -0.140. The second kappa shape index (κ2) is 8.66. The largest absolute Gasteiger partial charge is 0.418 e. The first-order valence-electron chi connectivity index (χ1n) is 10.7. The van der Waals surface area contributed by atoms with Crippen LogP contribution in [0.2, 0.25) is 0 Å². The number of carbonyl (C=O) groups excluding carboxylic acids is 1. The van der Waals surface area contributed by atoms with Crippen LogP contribution in [0.4, 0.5) is 29.1 Å². The van der Waals surface area contributed by atoms with E-state index in [4.69, 9.17) is 0 Å². The first-order chi connectivity index (χ1) is 15.9. The molecule has 34 heavy (non-hydrogen) atoms. The number of aromatic nitrogens is 3. The van der Waals surface area contributed by atoms with Crippen LogP contribution < -0.4 is 5.32 Å². The molecule has 0 fully saturated rings. The summed E-state index contributed by atoms with van der Waals surface area (Å²) in [5.41, 5.74) is -0.302. The van der Waals surface area contributed by atoms with Crippen molar-refractivity contribution in [3.8, 4) is 11.4 Å². The highest BCUT2D eigenvalue weighted by atomic mass is 19.4. The van der Waals surface area contributed by atoms with Gasteiger partial charge >= 0.3 is 6.18 Å². The molecule has 0 aliphatic carbocycles. The third-order valence-corrected chi connectivity index (χ3v) is 5.47. The molecule has 4 rings (SSSR count). The fourth-order valence-corrected chi connectivity index (χ4v) is 3.78. The quantitative estimate of drug-likeness (QED) is 0.518. The van der Waals surface area contributed by atoms with Crippen molar-refractivity contribution < 1.29 is 22.4 Å². The molecule has 6 nitrogen and oxygen atoms in total. The first kappa shape index (κ1) is 23.6. The van der Waals surface area contributed by atoms with Gasteiger partial charge in [-0.1, -0.05) is 20.8 Å². The molecule has 1 amide bonds. The van der Waals surface area contributed by atoms with E-state index in [0.717, 1.165) is 12.1 Å². The van der Waals surface area contributed by atoms with E-state index in [1.165, 1.54) is 0 Å². The van der Waals surface area contributed by atoms with Crippen molar-refractivity contribution in [3.63, 3.8) is 0 Å². The third-order valence-electron chi connectivity index (χ3n) is 5.47. The molecule has 3 aromatic rings. The molecule has 0 radical (unpaired) electrons. The Morgan fingerprint density at radius 1 is 1.06 bits per heavy atom. The van der Waals surface area contributed by atoms with Crippen molar-refractivity contribution in [1.29, 1.82) is 0 Å². The van der Waals surface area contributed by atoms with E-state index in [1.54, 1.807) is 50.2 Å². The Bertz CT molecular complexity index is 1220. The van der Waals surface area contributed by atoms with E-state index in [1.807, 2.05) is 0 Å². The van der Waals surface area contributed by atoms with Crippen LogP contribution >= 0.6 is 0 Å². The molecule has 3 heterocycles. The molecule has 1 aliphatic heterocycles. The van der Waals surface area contributed by atoms with Crippen molar-refractivity contribution in [3.05, 3.63) is 65.4 Å². The van der Waals surface area contributed by atoms with Crippen molar-refractivity contribution >= 4 is 17.4 Å². The molecular formula is C24H23F4N5O. The normalized spacial score (nSPS) is 14.0. The number of pyridine rings is 1. The summed E-state index contributed by atoms with van der Waals surface area (Å²) in [6, 6.07) is 5.81. The number of halogens is 4. The first-order valence-corrected chi connectivity index (χ1v) is 10.7. The lowest BCUT2D eigenvalue weighted by atomic mass is 9.93. The molecule has 1 aromatic carbocycles. The molecule has 0 saturated heterocycles. The van der Waals surface area contributed by atoms with Gasteiger partial charge in [0, 0.05) is 41.9 Å². The summed E-state index contributed by atoms with van der Waals surface area (Å²) in [7, 11) is 0. The second-order valence-corrected chi connectivity index (χ2v) is 9.10. The van der Waals surface area contributed by atoms with E-state index < -0.39 is 23.0 Å². The average molecular weight is 473 g/mol. The fraction of sp³-hybridized carbons (Fsp3) is 0.333. The maximum atomic E-state index is 13.6. The van der Waals surface area contributed by atoms with E-state index in [-0.39, 0.29) is 24.0 Å². The van der Waals surface area contributed by atoms with Crippen LogP contribution in [0.25, 0.3) is 11.4 Å². The summed E-state index contributed by atoms with van der Waals surface area (Å²) in [5, 5.41) is 2.75. The number of fused-ring (bicyclic) bond motifs is 1. The van der Waals surface area contributed by atoms with Crippen molar-refractivity contribution in [1.82, 2.24) is 19.9 Å². The minimum Gasteiger partial charge on any atom is -0.339 e. The van der Waals surface area contributed by atoms with Crippen LogP contribution in [0, 0.1) is 11.2 Å². The Morgan fingerprint density at radius 3 is 2.41 bits per heavy atom. The zero-order valence-corrected chi connectivity index (χ0v) is 18.9. The topological polar surface area (TPSA) is 71.0 Å². The standard InChI is InChI=1S/C24H23F4N5O/c1-23(2,3)22(34)33-11-8-18-16(13-33)21(32-20(30-18)14-6-9-29-10-7-14)31-19-5-4-15(25)12-17(19)24(26,27)28/h4-7,9-10,12H,8,11,13H2,1-3H3,(H,30,31,32). The molecule has 0 unspecified atom stereocenters. The van der Waals surface area contributed by atoms with Crippen LogP contribution in [0.5, 0.6) is 0 Å². The zero-order valence-electron chi connectivity index (χ0n) is 18.9. The van der Waals surface area contributed by atoms with Gasteiger partial charge in [-0.05, 0) is 30.3 Å². The van der Waals surface area contributed by atoms with E-state index in [2.05, 4.69) is 20.3 Å². The Labute approximate surface area is 194 Å². The van der Waals surface area contributed by atoms with E-state index in [0.29, 0.717) is 41.7 Å². The molecular weight excluding hydrogens is 450 g/mol. The van der Waals surface area contributed by atoms with Gasteiger partial charge in [0.2, 0.25) is 5.91 Å². The lowest BCUT2D eigenvalue weighted by Crippen LogP contribution is -2.43. The van der Waals surface area contributed by atoms with Crippen molar-refractivity contribution in [2.24, 2.45) is 5.41 Å². The predicted molar refractivity (Wildman–Crippen MR) is 119 cm³/mol. The van der Waals surface area contributed by atoms with Crippen molar-refractivity contribution in [2.45, 2.75) is 39.9 Å². The Hall–Kier alpha value is -3.56. The van der Waals surface area contributed by atoms with Crippen LogP contribution in [-0.4, -0.2) is 32.3 Å². The number of alkyl halides is 3. The molecule has 0 bridgehead atoms. The number of nitrogens with zero attached hydrogens (tertiary/aromatic N) is 4. The van der Waals surface area contributed by atoms with Gasteiger partial charge in [-0.15, -0.1) is 0 Å². The maximum absolute atomic E-state index is 13.6. The van der Waals surface area contributed by atoms with Gasteiger partial charge in [0.05, 0.1) is 23.5 Å². The summed E-state index contributed by atoms with van der Waals surface area (Å²) in [6.07, 6.45) is -1.23. The van der Waals surface area contributed by atoms with Gasteiger partial charge in [0.15, 0.2) is 5.82 Å². The van der Waals surface area contributed by atoms with Gasteiger partial charge in [-0.3, -0.25) is 9.78 Å². The highest BCUT2D eigenvalue weighted by Crippen LogP contribution is 2.38. The Morgan fingerprint density at radius 2 is 1.76 bits per heavy atom. The molecule has 0 atom stereocenters. The number of carbonyl (C=O) groups is 1. The summed E-state index contributed by atoms with van der Waals surface area (Å²) in [6.45, 7) is 6.00. The monoisotopic (exact) mass is 473 g/mol. The number of rotatable bonds is 3. The maximum Gasteiger partial charge on any atom is 0.418 e. The van der Waals surface area contributed by atoms with Crippen molar-refractivity contribution in [2.75, 3.05) is 11.9 Å². The zero-order chi connectivity index (χ0) is 24.7. The molecule has 178 valence electrons. The number of benzene rings is 1. The number of amides is 1. The van der Waals surface area contributed by atoms with Gasteiger partial charge in [0.25, 0.3) is 0 Å². The highest BCUT2D eigenvalue weighted by molar-refractivity contribution is 5.82. The summed E-state index contributed by atoms with van der Waals surface area (Å²) in [5.74, 6) is -0.627. The average Bonchev–Trinajstić information content (AvgIpc) is 2.78. The number of hydrogen-bond acceptors (Lipinski definition) is 5. The van der Waals surface area contributed by atoms with Crippen LogP contribution in [0.3, 0.4) is 0 Å². The molecule has 10 heteroatoms. The minimum absolute atomic E-state index is 0.0833. The molecule has 1 aliphatic rings. The molecule has 2 aromatic heterocycles. The fourth-order valence-electron chi connectivity index (χ4n) is 3.78. The lowest BCUT2D eigenvalue weighted by Gasteiger charge is -2.34. The SMILES string of the molecule is CC(C)(C)C(=O)N1CCc2nc(-c3ccncc3)nc(Nc3ccc(F)cc3C(F)(F)F)c2C1. The summed E-state index contributed by atoms with van der Waals surface area (Å²) >= 11 is 0. The summed E-state index contributed by atoms with van der Waals surface area (Å²) < 4.78 is 54.5. The smallest absolute Gasteiger partial charge is 0.339 e. The predicted octanol–water partition coefficient (Wildman–Crippen LogP) is 5.37. The Kier molecular flexibility index (Phi) is 6.01. The highest BCUT2D eigenvalue weighted by Gasteiger charge is 2.35. The van der Waals surface area contributed by atoms with Gasteiger partial charge in [-0.2, -0.15) is 13.2 Å². The van der Waals surface area contributed by atoms with Gasteiger partial charge < -0.3 is 10.2 Å². The van der Waals surface area contributed by atoms with E-state index in [9.17, 15) is 22.4 Å². The van der Waals surface area contributed by atoms with Gasteiger partial charge in [0.1, 0.15) is 11.6 Å². The summed E-state index contributed by atoms with van der Waals surface area (Å²) in [4.78, 5) is 27.6. The van der Waals surface area contributed by atoms with Crippen LogP contribution in [0.1, 0.15) is 37.6 Å². The molecule has 0 spiro atoms. The number of hydrogen-bond donors (Lipinski definition) is 1. The van der Waals surface area contributed by atoms with Crippen LogP contribution in [0.15, 0.2) is 42.7 Å². The number of nitrogens with one attached hydrogen (secondary N) is 1. The number of anilines is 2. The Balaban J connectivity index is 1.82. The minimum atomic E-state index is -4.78. The van der Waals surface area contributed by atoms with Crippen LogP contribution in [-0.2, 0) is 23.9 Å². The van der Waals surface area contributed by atoms with Gasteiger partial charge in [-0.25, -0.2) is 14.4 Å². The second-order valence-electron chi connectivity index (χ2n) is 9.10.